The zero-order valence-electron chi connectivity index (χ0n) is 52.1. The number of guanidine groups is 4. The lowest BCUT2D eigenvalue weighted by atomic mass is 10.0. The minimum atomic E-state index is -1.74. The molecule has 10 atom stereocenters. The van der Waals surface area contributed by atoms with Gasteiger partial charge in [0, 0.05) is 39.3 Å². The highest BCUT2D eigenvalue weighted by Gasteiger charge is 2.42. The van der Waals surface area contributed by atoms with Crippen molar-refractivity contribution in [2.75, 3.05) is 77.6 Å². The van der Waals surface area contributed by atoms with E-state index in [1.165, 1.54) is 11.8 Å². The summed E-state index contributed by atoms with van der Waals surface area (Å²) < 4.78 is 0. The molecular formula is C53H98N24O14S. The molecule has 39 heteroatoms. The molecule has 0 unspecified atom stereocenters. The van der Waals surface area contributed by atoms with Crippen molar-refractivity contribution in [2.45, 2.75) is 163 Å². The molecular weight excluding hydrogens is 1230 g/mol. The summed E-state index contributed by atoms with van der Waals surface area (Å²) in [6.07, 6.45) is 4.18. The summed E-state index contributed by atoms with van der Waals surface area (Å²) in [4.78, 5) is 168. The fourth-order valence-corrected chi connectivity index (χ4v) is 10.2. The lowest BCUT2D eigenvalue weighted by Crippen LogP contribution is -2.60. The van der Waals surface area contributed by atoms with Crippen molar-refractivity contribution >= 4 is 101 Å². The van der Waals surface area contributed by atoms with Gasteiger partial charge >= 0.3 is 5.97 Å². The first kappa shape index (κ1) is 79.5. The second-order valence-corrected chi connectivity index (χ2v) is 22.7. The van der Waals surface area contributed by atoms with Gasteiger partial charge in [-0.15, -0.1) is 0 Å². The number of likely N-dealkylation sites (tertiary alicyclic amines) is 2. The zero-order chi connectivity index (χ0) is 68.9. The molecule has 0 spiro atoms. The van der Waals surface area contributed by atoms with E-state index in [0.717, 1.165) is 9.80 Å². The second kappa shape index (κ2) is 43.2. The van der Waals surface area contributed by atoms with Crippen LogP contribution in [-0.4, -0.2) is 252 Å². The number of aliphatic carboxylic acids is 1. The third-order valence-corrected chi connectivity index (χ3v) is 15.2. The highest BCUT2D eigenvalue weighted by Crippen LogP contribution is 2.22. The number of rotatable bonds is 44. The number of thioether (sulfide) groups is 1. The van der Waals surface area contributed by atoms with Gasteiger partial charge in [-0.05, 0) is 121 Å². The third-order valence-electron chi connectivity index (χ3n) is 14.6. The Morgan fingerprint density at radius 3 is 1.28 bits per heavy atom. The Kier molecular flexibility index (Phi) is 37.4. The number of aliphatic hydroxyl groups is 2. The number of carbonyl (C=O) groups excluding carboxylic acids is 10. The normalized spacial score (nSPS) is 16.8. The van der Waals surface area contributed by atoms with Crippen LogP contribution in [0.1, 0.15) is 103 Å². The van der Waals surface area contributed by atoms with Gasteiger partial charge in [0.2, 0.25) is 59.1 Å². The standard InChI is InChI=1S/C53H98N24O14S/c1-92-25-17-29(55)40(81)69-31(10-2-3-18-54)42(83)71-32(12-5-20-65-51(58)59)44(85)74-35(27-78)45(86)70-30(11-4-19-64-50(56)57)41(82)68-26-39(80)76-23-8-15-37(76)46(87)75-36(28-79)48(89)77-24-9-16-38(77)47(88)72-33(13-6-21-66-52(60)61)43(84)73-34(49(90)91)14-7-22-67-53(62)63/h29-38,78-79H,2-28,54-55H2,1H3,(H,68,82)(H,69,81)(H,70,86)(H,71,83)(H,72,88)(H,73,84)(H,74,85)(H,75,87)(H,90,91)(H4,56,57,64)(H4,58,59,65)(H4,60,61,66)(H4,62,63,67)/t29-,30-,31-,32-,33-,34-,35-,36-,37-,38-/m0/s1. The Balaban J connectivity index is 2.27. The molecule has 92 heavy (non-hydrogen) atoms. The summed E-state index contributed by atoms with van der Waals surface area (Å²) in [6, 6.07) is -13.4. The molecule has 2 aliphatic rings. The lowest BCUT2D eigenvalue weighted by molar-refractivity contribution is -0.145. The first-order valence-electron chi connectivity index (χ1n) is 30.3. The number of carbonyl (C=O) groups is 11. The molecule has 0 bridgehead atoms. The summed E-state index contributed by atoms with van der Waals surface area (Å²) in [7, 11) is 0. The van der Waals surface area contributed by atoms with Crippen LogP contribution in [0, 0.1) is 0 Å². The number of nitrogens with one attached hydrogen (secondary N) is 8. The number of hydrogen-bond donors (Lipinski definition) is 21. The van der Waals surface area contributed by atoms with Crippen LogP contribution in [-0.2, 0) is 52.7 Å². The van der Waals surface area contributed by atoms with Gasteiger partial charge in [0.15, 0.2) is 23.8 Å². The minimum absolute atomic E-state index is 0.00146. The van der Waals surface area contributed by atoms with E-state index >= 15 is 0 Å². The van der Waals surface area contributed by atoms with Crippen LogP contribution in [0.4, 0.5) is 0 Å². The van der Waals surface area contributed by atoms with Crippen molar-refractivity contribution in [3.05, 3.63) is 0 Å². The van der Waals surface area contributed by atoms with Gasteiger partial charge in [-0.1, -0.05) is 0 Å². The third kappa shape index (κ3) is 29.6. The molecule has 38 nitrogen and oxygen atoms in total. The van der Waals surface area contributed by atoms with E-state index in [9.17, 15) is 68.1 Å². The summed E-state index contributed by atoms with van der Waals surface area (Å²) in [6.45, 7) is -2.22. The molecule has 2 aliphatic heterocycles. The van der Waals surface area contributed by atoms with Crippen LogP contribution < -0.4 is 99.9 Å². The van der Waals surface area contributed by atoms with Crippen LogP contribution in [0.5, 0.6) is 0 Å². The predicted molar refractivity (Wildman–Crippen MR) is 341 cm³/mol. The molecule has 2 fully saturated rings. The van der Waals surface area contributed by atoms with Crippen LogP contribution in [0.15, 0.2) is 20.0 Å². The molecule has 31 N–H and O–H groups in total. The van der Waals surface area contributed by atoms with Gasteiger partial charge in [0.1, 0.15) is 54.4 Å². The van der Waals surface area contributed by atoms with Crippen LogP contribution in [0.3, 0.4) is 0 Å². The fourth-order valence-electron chi connectivity index (χ4n) is 9.73. The minimum Gasteiger partial charge on any atom is -0.480 e. The van der Waals surface area contributed by atoms with E-state index in [1.54, 1.807) is 0 Å². The molecule has 2 rings (SSSR count). The predicted octanol–water partition coefficient (Wildman–Crippen LogP) is -10.0. The maximum Gasteiger partial charge on any atom is 0.326 e. The van der Waals surface area contributed by atoms with Gasteiger partial charge in [0.25, 0.3) is 0 Å². The Bertz CT molecular complexity index is 2570. The summed E-state index contributed by atoms with van der Waals surface area (Å²) in [5.74, 6) is -10.2. The fraction of sp³-hybridized carbons (Fsp3) is 0.717. The van der Waals surface area contributed by atoms with Gasteiger partial charge in [0.05, 0.1) is 25.8 Å². The number of nitrogens with zero attached hydrogens (tertiary/aromatic N) is 6. The molecule has 2 heterocycles. The molecule has 0 aromatic rings. The SMILES string of the molecule is CSCC[C@H](N)C(=O)N[C@@H](CCCCN)C(=O)N[C@@H](CCCN=C(N)N)C(=O)N[C@@H](CO)C(=O)N[C@@H](CCCN=C(N)N)C(=O)NCC(=O)N1CCC[C@H]1C(=O)N[C@@H](CO)C(=O)N1CCC[C@H]1C(=O)N[C@@H](CCCN=C(N)N)C(=O)N[C@@H](CCCN=C(N)N)C(=O)O. The smallest absolute Gasteiger partial charge is 0.326 e. The van der Waals surface area contributed by atoms with Gasteiger partial charge in [-0.2, -0.15) is 11.8 Å². The number of carboxylic acids is 1. The van der Waals surface area contributed by atoms with Crippen molar-refractivity contribution in [1.82, 2.24) is 52.3 Å². The number of carboxylic acid groups (broad SMARTS) is 1. The Morgan fingerprint density at radius 2 is 0.848 bits per heavy atom. The van der Waals surface area contributed by atoms with Gasteiger partial charge in [-0.25, -0.2) is 4.79 Å². The van der Waals surface area contributed by atoms with Crippen LogP contribution >= 0.6 is 11.8 Å². The maximum atomic E-state index is 14.1. The molecule has 10 amide bonds. The average molecular weight is 1330 g/mol. The lowest BCUT2D eigenvalue weighted by Gasteiger charge is -2.31. The van der Waals surface area contributed by atoms with E-state index in [1.807, 2.05) is 6.26 Å². The molecule has 0 radical (unpaired) electrons. The quantitative estimate of drug-likeness (QED) is 0.0153. The number of aliphatic imine (C=N–C) groups is 4. The molecule has 0 aliphatic carbocycles. The number of amides is 10. The summed E-state index contributed by atoms with van der Waals surface area (Å²) in [5, 5.41) is 50.8. The first-order valence-corrected chi connectivity index (χ1v) is 31.7. The van der Waals surface area contributed by atoms with E-state index in [2.05, 4.69) is 62.5 Å². The van der Waals surface area contributed by atoms with Gasteiger partial charge < -0.3 is 125 Å². The van der Waals surface area contributed by atoms with E-state index in [4.69, 9.17) is 57.3 Å². The Labute approximate surface area is 537 Å². The Morgan fingerprint density at radius 1 is 0.478 bits per heavy atom. The van der Waals surface area contributed by atoms with Gasteiger partial charge in [-0.3, -0.25) is 67.9 Å². The second-order valence-electron chi connectivity index (χ2n) is 21.8. The first-order chi connectivity index (χ1) is 43.7. The summed E-state index contributed by atoms with van der Waals surface area (Å²) >= 11 is 1.48. The summed E-state index contributed by atoms with van der Waals surface area (Å²) in [5.41, 5.74) is 55.2. The Hall–Kier alpha value is -8.56. The molecule has 0 aromatic heterocycles. The van der Waals surface area contributed by atoms with Crippen molar-refractivity contribution in [1.29, 1.82) is 0 Å². The zero-order valence-corrected chi connectivity index (χ0v) is 52.9. The van der Waals surface area contributed by atoms with E-state index in [0.29, 0.717) is 44.4 Å². The van der Waals surface area contributed by atoms with Crippen molar-refractivity contribution in [3.8, 4) is 0 Å². The molecule has 520 valence electrons. The largest absolute Gasteiger partial charge is 0.480 e. The average Bonchev–Trinajstić information content (AvgIpc) is 1.64. The topological polar surface area (TPSA) is 661 Å². The molecule has 0 aromatic carbocycles. The highest BCUT2D eigenvalue weighted by molar-refractivity contribution is 7.98. The van der Waals surface area contributed by atoms with Crippen LogP contribution in [0.2, 0.25) is 0 Å². The van der Waals surface area contributed by atoms with Crippen molar-refractivity contribution in [3.63, 3.8) is 0 Å². The number of hydrogen-bond acceptors (Lipinski definition) is 20. The van der Waals surface area contributed by atoms with E-state index in [-0.39, 0.29) is 134 Å². The van der Waals surface area contributed by atoms with Crippen molar-refractivity contribution < 1.29 is 68.1 Å². The molecule has 0 saturated carbocycles. The highest BCUT2D eigenvalue weighted by atomic mass is 32.2. The van der Waals surface area contributed by atoms with Crippen molar-refractivity contribution in [2.24, 2.45) is 77.3 Å². The van der Waals surface area contributed by atoms with Crippen LogP contribution in [0.25, 0.3) is 0 Å². The number of nitrogens with two attached hydrogens (primary N) is 10. The van der Waals surface area contributed by atoms with E-state index < -0.39 is 145 Å². The maximum absolute atomic E-state index is 14.1. The monoisotopic (exact) mass is 1330 g/mol. The number of unbranched alkanes of at least 4 members (excludes halogenated alkanes) is 1. The number of aliphatic hydroxyl groups excluding tert-OH is 2. The molecule has 2 saturated heterocycles.